The quantitative estimate of drug-likeness (QED) is 0.523. The molecule has 25 heavy (non-hydrogen) atoms. The number of hydrogen-bond acceptors (Lipinski definition) is 2. The van der Waals surface area contributed by atoms with Crippen molar-refractivity contribution < 1.29 is 9.22 Å². The fourth-order valence-corrected chi connectivity index (χ4v) is 3.63. The Morgan fingerprint density at radius 3 is 2.60 bits per heavy atom. The van der Waals surface area contributed by atoms with Crippen LogP contribution in [0.2, 0.25) is 18.1 Å². The van der Waals surface area contributed by atoms with E-state index in [0.29, 0.717) is 19.4 Å². The maximum absolute atomic E-state index is 12.4. The Bertz CT molecular complexity index is 790. The molecule has 4 heteroatoms. The van der Waals surface area contributed by atoms with Gasteiger partial charge in [-0.3, -0.25) is 9.36 Å². The highest BCUT2D eigenvalue weighted by atomic mass is 28.4. The first-order chi connectivity index (χ1) is 11.7. The number of fused-ring (bicyclic) bond motifs is 1. The Balaban J connectivity index is 2.19. The second kappa shape index (κ2) is 7.59. The van der Waals surface area contributed by atoms with Crippen molar-refractivity contribution >= 4 is 25.1 Å². The van der Waals surface area contributed by atoms with Gasteiger partial charge in [0.25, 0.3) is 0 Å². The highest BCUT2D eigenvalue weighted by Gasteiger charge is 2.36. The molecule has 0 radical (unpaired) electrons. The number of hydrogen-bond donors (Lipinski definition) is 0. The summed E-state index contributed by atoms with van der Waals surface area (Å²) in [4.78, 5) is 12.4. The Hall–Kier alpha value is -1.83. The van der Waals surface area contributed by atoms with E-state index in [1.165, 1.54) is 0 Å². The summed E-state index contributed by atoms with van der Waals surface area (Å²) in [6.45, 7) is 11.9. The average molecular weight is 356 g/mol. The second-order valence-corrected chi connectivity index (χ2v) is 12.8. The summed E-state index contributed by atoms with van der Waals surface area (Å²) in [6.07, 6.45) is 8.89. The SMILES string of the molecule is C#CCCC(=O)n1cc(CCO[Si](C)(C)C(C)(C)C)c2ccccc21. The lowest BCUT2D eigenvalue weighted by molar-refractivity contribution is 0.0909. The average Bonchev–Trinajstić information content (AvgIpc) is 2.90. The van der Waals surface area contributed by atoms with Crippen LogP contribution in [0.3, 0.4) is 0 Å². The van der Waals surface area contributed by atoms with Crippen molar-refractivity contribution in [2.45, 2.75) is 58.2 Å². The number of nitrogens with zero attached hydrogens (tertiary/aromatic N) is 1. The smallest absolute Gasteiger partial charge is 0.232 e. The molecule has 0 bridgehead atoms. The van der Waals surface area contributed by atoms with Crippen LogP contribution in [0.25, 0.3) is 10.9 Å². The molecule has 3 nitrogen and oxygen atoms in total. The standard InChI is InChI=1S/C21H29NO2Si/c1-7-8-13-20(23)22-16-17(18-11-9-10-12-19(18)22)14-15-24-25(5,6)21(2,3)4/h1,9-12,16H,8,13-15H2,2-6H3. The molecule has 0 atom stereocenters. The molecule has 0 fully saturated rings. The van der Waals surface area contributed by atoms with Crippen molar-refractivity contribution in [2.24, 2.45) is 0 Å². The van der Waals surface area contributed by atoms with Gasteiger partial charge in [0, 0.05) is 31.0 Å². The van der Waals surface area contributed by atoms with E-state index in [0.717, 1.165) is 22.9 Å². The molecular weight excluding hydrogens is 326 g/mol. The summed E-state index contributed by atoms with van der Waals surface area (Å²) in [7, 11) is -1.75. The predicted molar refractivity (Wildman–Crippen MR) is 107 cm³/mol. The zero-order chi connectivity index (χ0) is 18.7. The largest absolute Gasteiger partial charge is 0.416 e. The summed E-state index contributed by atoms with van der Waals surface area (Å²) in [5.74, 6) is 2.59. The number of carbonyl (C=O) groups is 1. The molecule has 134 valence electrons. The van der Waals surface area contributed by atoms with E-state index in [1.54, 1.807) is 4.57 Å². The minimum Gasteiger partial charge on any atom is -0.416 e. The van der Waals surface area contributed by atoms with E-state index in [2.05, 4.69) is 45.9 Å². The van der Waals surface area contributed by atoms with Crippen LogP contribution in [0.5, 0.6) is 0 Å². The molecule has 1 aromatic carbocycles. The van der Waals surface area contributed by atoms with E-state index in [4.69, 9.17) is 10.8 Å². The van der Waals surface area contributed by atoms with Gasteiger partial charge in [-0.25, -0.2) is 0 Å². The Labute approximate surface area is 152 Å². The minimum atomic E-state index is -1.75. The summed E-state index contributed by atoms with van der Waals surface area (Å²) >= 11 is 0. The second-order valence-electron chi connectivity index (χ2n) is 8.00. The summed E-state index contributed by atoms with van der Waals surface area (Å²) in [6, 6.07) is 8.03. The van der Waals surface area contributed by atoms with Gasteiger partial charge in [0.1, 0.15) is 0 Å². The van der Waals surface area contributed by atoms with E-state index in [9.17, 15) is 4.79 Å². The van der Waals surface area contributed by atoms with Gasteiger partial charge in [0.15, 0.2) is 8.32 Å². The van der Waals surface area contributed by atoms with Gasteiger partial charge >= 0.3 is 0 Å². The van der Waals surface area contributed by atoms with Crippen LogP contribution in [0.4, 0.5) is 0 Å². The summed E-state index contributed by atoms with van der Waals surface area (Å²) in [5, 5.41) is 1.32. The van der Waals surface area contributed by atoms with Crippen molar-refractivity contribution in [1.82, 2.24) is 4.57 Å². The molecule has 0 aliphatic carbocycles. The third-order valence-corrected chi connectivity index (χ3v) is 9.73. The molecule has 1 aromatic heterocycles. The first-order valence-electron chi connectivity index (χ1n) is 8.87. The topological polar surface area (TPSA) is 31.2 Å². The van der Waals surface area contributed by atoms with Crippen LogP contribution in [0.1, 0.15) is 44.0 Å². The van der Waals surface area contributed by atoms with Gasteiger partial charge in [0.05, 0.1) is 5.52 Å². The molecule has 0 spiro atoms. The Kier molecular flexibility index (Phi) is 5.92. The van der Waals surface area contributed by atoms with Crippen LogP contribution in [0.15, 0.2) is 30.5 Å². The van der Waals surface area contributed by atoms with E-state index in [1.807, 2.05) is 24.4 Å². The van der Waals surface area contributed by atoms with Crippen LogP contribution in [-0.2, 0) is 10.8 Å². The number of para-hydroxylation sites is 1. The minimum absolute atomic E-state index is 0.0470. The molecular formula is C21H29NO2Si. The number of terminal acetylenes is 1. The third-order valence-electron chi connectivity index (χ3n) is 5.19. The fourth-order valence-electron chi connectivity index (χ4n) is 2.59. The summed E-state index contributed by atoms with van der Waals surface area (Å²) in [5.41, 5.74) is 2.11. The van der Waals surface area contributed by atoms with Gasteiger partial charge < -0.3 is 4.43 Å². The zero-order valence-electron chi connectivity index (χ0n) is 16.1. The van der Waals surface area contributed by atoms with Crippen molar-refractivity contribution in [1.29, 1.82) is 0 Å². The van der Waals surface area contributed by atoms with Crippen LogP contribution in [0, 0.1) is 12.3 Å². The van der Waals surface area contributed by atoms with Crippen LogP contribution in [-0.4, -0.2) is 25.4 Å². The zero-order valence-corrected chi connectivity index (χ0v) is 17.1. The molecule has 2 rings (SSSR count). The Morgan fingerprint density at radius 1 is 1.28 bits per heavy atom. The first kappa shape index (κ1) is 19.5. The van der Waals surface area contributed by atoms with Gasteiger partial charge in [-0.15, -0.1) is 12.3 Å². The highest BCUT2D eigenvalue weighted by Crippen LogP contribution is 2.36. The molecule has 0 saturated carbocycles. The molecule has 0 N–H and O–H groups in total. The third kappa shape index (κ3) is 4.42. The van der Waals surface area contributed by atoms with Crippen molar-refractivity contribution in [3.8, 4) is 12.3 Å². The Morgan fingerprint density at radius 2 is 1.96 bits per heavy atom. The van der Waals surface area contributed by atoms with E-state index < -0.39 is 8.32 Å². The van der Waals surface area contributed by atoms with E-state index >= 15 is 0 Å². The molecule has 1 heterocycles. The van der Waals surface area contributed by atoms with Gasteiger partial charge in [0.2, 0.25) is 5.91 Å². The molecule has 0 unspecified atom stereocenters. The maximum atomic E-state index is 12.4. The molecule has 0 amide bonds. The van der Waals surface area contributed by atoms with Crippen molar-refractivity contribution in [3.05, 3.63) is 36.0 Å². The molecule has 2 aromatic rings. The molecule has 0 aliphatic rings. The van der Waals surface area contributed by atoms with Crippen LogP contribution < -0.4 is 0 Å². The highest BCUT2D eigenvalue weighted by molar-refractivity contribution is 6.74. The summed E-state index contributed by atoms with van der Waals surface area (Å²) < 4.78 is 8.04. The van der Waals surface area contributed by atoms with Crippen molar-refractivity contribution in [3.63, 3.8) is 0 Å². The number of benzene rings is 1. The number of rotatable bonds is 6. The fraction of sp³-hybridized carbons (Fsp3) is 0.476. The maximum Gasteiger partial charge on any atom is 0.232 e. The normalized spacial score (nSPS) is 12.3. The monoisotopic (exact) mass is 355 g/mol. The lowest BCUT2D eigenvalue weighted by Gasteiger charge is -2.36. The van der Waals surface area contributed by atoms with E-state index in [-0.39, 0.29) is 10.9 Å². The van der Waals surface area contributed by atoms with Crippen LogP contribution >= 0.6 is 0 Å². The molecule has 0 aliphatic heterocycles. The van der Waals surface area contributed by atoms with Gasteiger partial charge in [-0.1, -0.05) is 39.0 Å². The lowest BCUT2D eigenvalue weighted by Crippen LogP contribution is -2.41. The first-order valence-corrected chi connectivity index (χ1v) is 11.8. The number of aromatic nitrogens is 1. The number of carbonyl (C=O) groups excluding carboxylic acids is 1. The predicted octanol–water partition coefficient (Wildman–Crippen LogP) is 5.26. The van der Waals surface area contributed by atoms with Gasteiger partial charge in [-0.2, -0.15) is 0 Å². The lowest BCUT2D eigenvalue weighted by atomic mass is 10.1. The molecule has 0 saturated heterocycles. The van der Waals surface area contributed by atoms with Gasteiger partial charge in [-0.05, 0) is 36.2 Å². The van der Waals surface area contributed by atoms with Crippen molar-refractivity contribution in [2.75, 3.05) is 6.61 Å².